The molecule has 32 heavy (non-hydrogen) atoms. The van der Waals surface area contributed by atoms with Crippen LogP contribution in [0.5, 0.6) is 0 Å². The van der Waals surface area contributed by atoms with Crippen LogP contribution in [0, 0.1) is 0 Å². The van der Waals surface area contributed by atoms with Crippen molar-refractivity contribution in [3.63, 3.8) is 0 Å². The molecule has 0 spiro atoms. The van der Waals surface area contributed by atoms with Crippen molar-refractivity contribution >= 4 is 27.9 Å². The molecule has 5 aromatic rings. The van der Waals surface area contributed by atoms with Crippen LogP contribution in [0.15, 0.2) is 111 Å². The Hall–Kier alpha value is -4.10. The summed E-state index contributed by atoms with van der Waals surface area (Å²) in [6.07, 6.45) is 3.13. The van der Waals surface area contributed by atoms with Gasteiger partial charge in [-0.1, -0.05) is 59.9 Å². The van der Waals surface area contributed by atoms with E-state index in [1.807, 2.05) is 72.8 Å². The molecule has 0 aliphatic heterocycles. The molecule has 0 saturated carbocycles. The number of furan rings is 2. The quantitative estimate of drug-likeness (QED) is 0.355. The molecular formula is C25H19N3O3S. The number of carbonyl (C=O) groups is 1. The lowest BCUT2D eigenvalue weighted by atomic mass is 10.1. The third-order valence-electron chi connectivity index (χ3n) is 4.80. The van der Waals surface area contributed by atoms with Gasteiger partial charge in [0.15, 0.2) is 10.6 Å². The summed E-state index contributed by atoms with van der Waals surface area (Å²) in [5, 5.41) is 3.69. The fourth-order valence-electron chi connectivity index (χ4n) is 3.35. The number of carbonyl (C=O) groups excluding carboxylic acids is 1. The first-order valence-electron chi connectivity index (χ1n) is 10.0. The monoisotopic (exact) mass is 441 g/mol. The summed E-state index contributed by atoms with van der Waals surface area (Å²) in [7, 11) is 0. The van der Waals surface area contributed by atoms with Crippen LogP contribution in [-0.2, 0) is 6.54 Å². The first-order chi connectivity index (χ1) is 15.8. The van der Waals surface area contributed by atoms with Crippen molar-refractivity contribution in [3.05, 3.63) is 114 Å². The molecule has 7 heteroatoms. The van der Waals surface area contributed by atoms with Crippen LogP contribution in [0.25, 0.3) is 11.3 Å². The number of hydrogen-bond donors (Lipinski definition) is 1. The van der Waals surface area contributed by atoms with Crippen LogP contribution >= 0.6 is 11.3 Å². The highest BCUT2D eigenvalue weighted by Crippen LogP contribution is 2.32. The number of thiazole rings is 1. The summed E-state index contributed by atoms with van der Waals surface area (Å²) in [5.74, 6) is 0.722. The maximum Gasteiger partial charge on any atom is 0.292 e. The molecule has 6 nitrogen and oxygen atoms in total. The molecule has 0 fully saturated rings. The van der Waals surface area contributed by atoms with Crippen LogP contribution in [0.2, 0.25) is 0 Å². The molecule has 0 aliphatic rings. The van der Waals surface area contributed by atoms with E-state index in [0.717, 1.165) is 27.5 Å². The summed E-state index contributed by atoms with van der Waals surface area (Å²) >= 11 is 1.40. The Balaban J connectivity index is 1.70. The van der Waals surface area contributed by atoms with Gasteiger partial charge in [-0.3, -0.25) is 4.79 Å². The Labute approximate surface area is 188 Å². The van der Waals surface area contributed by atoms with Gasteiger partial charge in [-0.15, -0.1) is 0 Å². The predicted octanol–water partition coefficient (Wildman–Crippen LogP) is 5.94. The van der Waals surface area contributed by atoms with Gasteiger partial charge in [0.25, 0.3) is 5.91 Å². The Bertz CT molecular complexity index is 1370. The van der Waals surface area contributed by atoms with E-state index in [9.17, 15) is 4.79 Å². The summed E-state index contributed by atoms with van der Waals surface area (Å²) in [6.45, 7) is 0.468. The Morgan fingerprint density at radius 2 is 1.59 bits per heavy atom. The highest BCUT2D eigenvalue weighted by atomic mass is 32.1. The van der Waals surface area contributed by atoms with Crippen LogP contribution in [0.1, 0.15) is 16.3 Å². The van der Waals surface area contributed by atoms with Crippen molar-refractivity contribution in [2.24, 2.45) is 4.99 Å². The normalized spacial score (nSPS) is 11.6. The molecule has 0 saturated heterocycles. The molecule has 2 aromatic carbocycles. The van der Waals surface area contributed by atoms with Crippen LogP contribution in [0.3, 0.4) is 0 Å². The zero-order valence-corrected chi connectivity index (χ0v) is 17.8. The second-order valence-corrected chi connectivity index (χ2v) is 7.95. The van der Waals surface area contributed by atoms with Crippen molar-refractivity contribution < 1.29 is 13.6 Å². The van der Waals surface area contributed by atoms with Gasteiger partial charge in [0, 0.05) is 5.56 Å². The molecule has 1 N–H and O–H groups in total. The van der Waals surface area contributed by atoms with Crippen molar-refractivity contribution in [3.8, 4) is 11.3 Å². The lowest BCUT2D eigenvalue weighted by molar-refractivity contribution is 0.0997. The molecule has 3 aromatic heterocycles. The van der Waals surface area contributed by atoms with E-state index in [-0.39, 0.29) is 11.7 Å². The van der Waals surface area contributed by atoms with Crippen LogP contribution in [-0.4, -0.2) is 10.5 Å². The van der Waals surface area contributed by atoms with E-state index in [1.54, 1.807) is 18.4 Å². The number of aromatic nitrogens is 1. The van der Waals surface area contributed by atoms with Crippen molar-refractivity contribution in [1.29, 1.82) is 0 Å². The topological polar surface area (TPSA) is 72.7 Å². The minimum Gasteiger partial charge on any atom is -0.467 e. The summed E-state index contributed by atoms with van der Waals surface area (Å²) in [5.41, 5.74) is 2.63. The molecule has 0 unspecified atom stereocenters. The minimum absolute atomic E-state index is 0.247. The van der Waals surface area contributed by atoms with Gasteiger partial charge in [-0.25, -0.2) is 4.99 Å². The zero-order valence-electron chi connectivity index (χ0n) is 17.0. The van der Waals surface area contributed by atoms with Gasteiger partial charge in [0.2, 0.25) is 0 Å². The summed E-state index contributed by atoms with van der Waals surface area (Å²) in [6, 6.07) is 26.8. The first kappa shape index (κ1) is 19.8. The number of para-hydroxylation sites is 1. The highest BCUT2D eigenvalue weighted by molar-refractivity contribution is 7.14. The second-order valence-electron chi connectivity index (χ2n) is 6.97. The largest absolute Gasteiger partial charge is 0.467 e. The fourth-order valence-corrected chi connectivity index (χ4v) is 4.42. The lowest BCUT2D eigenvalue weighted by Crippen LogP contribution is -2.16. The molecule has 1 amide bonds. The average molecular weight is 442 g/mol. The molecule has 0 aliphatic carbocycles. The second kappa shape index (κ2) is 8.95. The lowest BCUT2D eigenvalue weighted by Gasteiger charge is -2.10. The molecule has 0 radical (unpaired) electrons. The fraction of sp³-hybridized carbons (Fsp3) is 0.0400. The number of rotatable bonds is 6. The Morgan fingerprint density at radius 3 is 2.28 bits per heavy atom. The minimum atomic E-state index is -0.315. The molecule has 0 atom stereocenters. The van der Waals surface area contributed by atoms with Gasteiger partial charge < -0.3 is 18.7 Å². The summed E-state index contributed by atoms with van der Waals surface area (Å²) < 4.78 is 13.0. The summed E-state index contributed by atoms with van der Waals surface area (Å²) in [4.78, 5) is 18.4. The van der Waals surface area contributed by atoms with E-state index in [1.165, 1.54) is 17.6 Å². The van der Waals surface area contributed by atoms with Crippen molar-refractivity contribution in [1.82, 2.24) is 4.57 Å². The zero-order chi connectivity index (χ0) is 21.8. The maximum absolute atomic E-state index is 12.8. The van der Waals surface area contributed by atoms with E-state index in [2.05, 4.69) is 9.88 Å². The van der Waals surface area contributed by atoms with Gasteiger partial charge >= 0.3 is 0 Å². The maximum atomic E-state index is 12.8. The van der Waals surface area contributed by atoms with Gasteiger partial charge in [-0.2, -0.15) is 0 Å². The highest BCUT2D eigenvalue weighted by Gasteiger charge is 2.20. The first-order valence-corrected chi connectivity index (χ1v) is 10.9. The van der Waals surface area contributed by atoms with Gasteiger partial charge in [-0.05, 0) is 36.4 Å². The third-order valence-corrected chi connectivity index (χ3v) is 5.80. The van der Waals surface area contributed by atoms with Gasteiger partial charge in [0.05, 0.1) is 30.5 Å². The number of hydrogen-bond acceptors (Lipinski definition) is 5. The van der Waals surface area contributed by atoms with Crippen LogP contribution < -0.4 is 10.1 Å². The number of anilines is 1. The number of amides is 1. The molecule has 3 heterocycles. The number of nitrogens with zero attached hydrogens (tertiary/aromatic N) is 2. The smallest absolute Gasteiger partial charge is 0.292 e. The van der Waals surface area contributed by atoms with Crippen molar-refractivity contribution in [2.45, 2.75) is 6.54 Å². The average Bonchev–Trinajstić information content (AvgIpc) is 3.58. The predicted molar refractivity (Wildman–Crippen MR) is 124 cm³/mol. The third kappa shape index (κ3) is 4.19. The molecule has 158 valence electrons. The van der Waals surface area contributed by atoms with E-state index in [0.29, 0.717) is 11.5 Å². The molecule has 5 rings (SSSR count). The number of benzene rings is 2. The Kier molecular flexibility index (Phi) is 5.55. The van der Waals surface area contributed by atoms with E-state index in [4.69, 9.17) is 13.8 Å². The SMILES string of the molecule is O=C(Nc1sc(=Nc2ccccc2)n(Cc2ccco2)c1-c1ccccc1)c1ccco1. The van der Waals surface area contributed by atoms with E-state index < -0.39 is 0 Å². The van der Waals surface area contributed by atoms with Gasteiger partial charge in [0.1, 0.15) is 10.8 Å². The molecule has 0 bridgehead atoms. The number of nitrogens with one attached hydrogen (secondary N) is 1. The van der Waals surface area contributed by atoms with E-state index >= 15 is 0 Å². The molecular weight excluding hydrogens is 422 g/mol. The standard InChI is InChI=1S/C25H19N3O3S/c29-23(21-14-8-16-31-21)27-24-22(18-9-3-1-4-10-18)28(17-20-13-7-15-30-20)25(32-24)26-19-11-5-2-6-12-19/h1-16H,17H2,(H,27,29). The van der Waals surface area contributed by atoms with Crippen molar-refractivity contribution in [2.75, 3.05) is 5.32 Å². The Morgan fingerprint density at radius 1 is 0.875 bits per heavy atom. The van der Waals surface area contributed by atoms with Crippen LogP contribution in [0.4, 0.5) is 10.7 Å².